The number of rotatable bonds is 3. The number of aromatic hydroxyl groups is 2. The minimum absolute atomic E-state index is 0.0922. The summed E-state index contributed by atoms with van der Waals surface area (Å²) >= 11 is 0. The van der Waals surface area contributed by atoms with Crippen molar-refractivity contribution in [2.24, 2.45) is 0 Å². The standard InChI is InChI=1S/C27H18O4/c28-24-16-23(27(30)31-25-12-6-10-18-9-4-5-11-20(18)25)26(29)21-14-13-19(15-22(21)24)17-7-2-1-3-8-17/h1-16,28-29H. The molecule has 0 heterocycles. The van der Waals surface area contributed by atoms with Crippen LogP contribution in [0.1, 0.15) is 10.4 Å². The van der Waals surface area contributed by atoms with Gasteiger partial charge in [0, 0.05) is 16.2 Å². The topological polar surface area (TPSA) is 66.8 Å². The third-order valence-electron chi connectivity index (χ3n) is 5.37. The van der Waals surface area contributed by atoms with Crippen LogP contribution in [0, 0.1) is 0 Å². The molecule has 0 atom stereocenters. The molecule has 0 aromatic heterocycles. The Morgan fingerprint density at radius 1 is 0.645 bits per heavy atom. The van der Waals surface area contributed by atoms with Crippen LogP contribution in [-0.2, 0) is 0 Å². The second-order valence-corrected chi connectivity index (χ2v) is 7.29. The van der Waals surface area contributed by atoms with E-state index < -0.39 is 5.97 Å². The summed E-state index contributed by atoms with van der Waals surface area (Å²) < 4.78 is 5.58. The van der Waals surface area contributed by atoms with Gasteiger partial charge >= 0.3 is 5.97 Å². The van der Waals surface area contributed by atoms with E-state index in [2.05, 4.69) is 0 Å². The van der Waals surface area contributed by atoms with Crippen LogP contribution in [0.3, 0.4) is 0 Å². The van der Waals surface area contributed by atoms with E-state index in [0.29, 0.717) is 16.5 Å². The number of carbonyl (C=O) groups is 1. The highest BCUT2D eigenvalue weighted by Crippen LogP contribution is 2.38. The Kier molecular flexibility index (Phi) is 4.53. The SMILES string of the molecule is O=C(Oc1cccc2ccccc12)c1cc(O)c2cc(-c3ccccc3)ccc2c1O. The molecule has 4 nitrogen and oxygen atoms in total. The van der Waals surface area contributed by atoms with Crippen LogP contribution in [0.25, 0.3) is 32.7 Å². The molecular formula is C27H18O4. The lowest BCUT2D eigenvalue weighted by molar-refractivity contribution is 0.0734. The predicted molar refractivity (Wildman–Crippen MR) is 122 cm³/mol. The van der Waals surface area contributed by atoms with Crippen LogP contribution in [0.15, 0.2) is 97.1 Å². The molecule has 0 aliphatic heterocycles. The molecule has 0 radical (unpaired) electrons. The van der Waals surface area contributed by atoms with Gasteiger partial charge in [-0.05, 0) is 40.8 Å². The summed E-state index contributed by atoms with van der Waals surface area (Å²) in [5, 5.41) is 24.0. The molecule has 0 bridgehead atoms. The highest BCUT2D eigenvalue weighted by Gasteiger charge is 2.20. The van der Waals surface area contributed by atoms with E-state index in [4.69, 9.17) is 4.74 Å². The van der Waals surface area contributed by atoms with Crippen LogP contribution < -0.4 is 4.74 Å². The average molecular weight is 406 g/mol. The monoisotopic (exact) mass is 406 g/mol. The second-order valence-electron chi connectivity index (χ2n) is 7.29. The molecule has 0 spiro atoms. The van der Waals surface area contributed by atoms with Gasteiger partial charge in [-0.2, -0.15) is 0 Å². The fourth-order valence-electron chi connectivity index (χ4n) is 3.80. The Morgan fingerprint density at radius 2 is 1.39 bits per heavy atom. The molecule has 31 heavy (non-hydrogen) atoms. The molecule has 5 aromatic rings. The van der Waals surface area contributed by atoms with E-state index in [1.54, 1.807) is 24.3 Å². The predicted octanol–water partition coefficient (Wildman–Crippen LogP) is 6.29. The minimum Gasteiger partial charge on any atom is -0.507 e. The maximum atomic E-state index is 12.9. The number of esters is 1. The molecule has 0 fully saturated rings. The van der Waals surface area contributed by atoms with Gasteiger partial charge in [-0.15, -0.1) is 0 Å². The number of carbonyl (C=O) groups excluding carboxylic acids is 1. The van der Waals surface area contributed by atoms with E-state index in [1.807, 2.05) is 66.7 Å². The molecule has 0 unspecified atom stereocenters. The first-order valence-electron chi connectivity index (χ1n) is 9.86. The van der Waals surface area contributed by atoms with E-state index in [9.17, 15) is 15.0 Å². The summed E-state index contributed by atoms with van der Waals surface area (Å²) in [5.41, 5.74) is 1.79. The number of fused-ring (bicyclic) bond motifs is 2. The van der Waals surface area contributed by atoms with E-state index in [0.717, 1.165) is 21.9 Å². The smallest absolute Gasteiger partial charge is 0.347 e. The fourth-order valence-corrected chi connectivity index (χ4v) is 3.80. The maximum Gasteiger partial charge on any atom is 0.347 e. The largest absolute Gasteiger partial charge is 0.507 e. The van der Waals surface area contributed by atoms with Gasteiger partial charge in [0.05, 0.1) is 0 Å². The van der Waals surface area contributed by atoms with Gasteiger partial charge in [-0.1, -0.05) is 72.8 Å². The summed E-state index contributed by atoms with van der Waals surface area (Å²) in [4.78, 5) is 12.9. The zero-order valence-corrected chi connectivity index (χ0v) is 16.4. The van der Waals surface area contributed by atoms with Crippen molar-refractivity contribution < 1.29 is 19.7 Å². The Hall–Kier alpha value is -4.31. The third-order valence-corrected chi connectivity index (χ3v) is 5.37. The maximum absolute atomic E-state index is 12.9. The summed E-state index contributed by atoms with van der Waals surface area (Å²) in [6.45, 7) is 0. The number of hydrogen-bond acceptors (Lipinski definition) is 4. The van der Waals surface area contributed by atoms with Crippen LogP contribution in [0.2, 0.25) is 0 Å². The normalized spacial score (nSPS) is 11.0. The molecule has 0 aliphatic rings. The van der Waals surface area contributed by atoms with Crippen molar-refractivity contribution in [3.05, 3.63) is 103 Å². The number of benzene rings is 5. The van der Waals surface area contributed by atoms with Gasteiger partial charge in [0.15, 0.2) is 0 Å². The summed E-state index contributed by atoms with van der Waals surface area (Å²) in [5.74, 6) is -0.673. The minimum atomic E-state index is -0.738. The second kappa shape index (κ2) is 7.50. The summed E-state index contributed by atoms with van der Waals surface area (Å²) in [6, 6.07) is 29.3. The molecule has 0 aliphatic carbocycles. The van der Waals surface area contributed by atoms with Crippen molar-refractivity contribution in [2.75, 3.05) is 0 Å². The molecule has 0 saturated heterocycles. The quantitative estimate of drug-likeness (QED) is 0.210. The van der Waals surface area contributed by atoms with Crippen LogP contribution in [0.4, 0.5) is 0 Å². The van der Waals surface area contributed by atoms with Crippen LogP contribution >= 0.6 is 0 Å². The third kappa shape index (κ3) is 3.34. The van der Waals surface area contributed by atoms with Crippen LogP contribution in [0.5, 0.6) is 17.2 Å². The number of phenolic OH excluding ortho intramolecular Hbond substituents is 2. The zero-order valence-electron chi connectivity index (χ0n) is 16.4. The van der Waals surface area contributed by atoms with Crippen molar-refractivity contribution in [1.29, 1.82) is 0 Å². The van der Waals surface area contributed by atoms with Gasteiger partial charge < -0.3 is 14.9 Å². The van der Waals surface area contributed by atoms with Crippen molar-refractivity contribution in [3.63, 3.8) is 0 Å². The van der Waals surface area contributed by atoms with Gasteiger partial charge in [0.2, 0.25) is 0 Å². The van der Waals surface area contributed by atoms with Gasteiger partial charge in [-0.25, -0.2) is 4.79 Å². The van der Waals surface area contributed by atoms with Crippen molar-refractivity contribution in [1.82, 2.24) is 0 Å². The van der Waals surface area contributed by atoms with E-state index in [1.165, 1.54) is 6.07 Å². The lowest BCUT2D eigenvalue weighted by Gasteiger charge is -2.12. The first kappa shape index (κ1) is 18.7. The first-order valence-corrected chi connectivity index (χ1v) is 9.86. The van der Waals surface area contributed by atoms with Gasteiger partial charge in [-0.3, -0.25) is 0 Å². The first-order chi connectivity index (χ1) is 15.1. The molecule has 2 N–H and O–H groups in total. The molecular weight excluding hydrogens is 388 g/mol. The zero-order chi connectivity index (χ0) is 21.4. The Labute approximate surface area is 178 Å². The Morgan fingerprint density at radius 3 is 2.23 bits per heavy atom. The lowest BCUT2D eigenvalue weighted by Crippen LogP contribution is -2.09. The Bertz CT molecular complexity index is 1430. The molecule has 0 amide bonds. The molecule has 5 aromatic carbocycles. The van der Waals surface area contributed by atoms with Crippen molar-refractivity contribution in [2.45, 2.75) is 0 Å². The summed E-state index contributed by atoms with van der Waals surface area (Å²) in [6.07, 6.45) is 0. The van der Waals surface area contributed by atoms with Crippen molar-refractivity contribution in [3.8, 4) is 28.4 Å². The molecule has 150 valence electrons. The average Bonchev–Trinajstić information content (AvgIpc) is 2.82. The van der Waals surface area contributed by atoms with Crippen molar-refractivity contribution >= 4 is 27.5 Å². The van der Waals surface area contributed by atoms with E-state index >= 15 is 0 Å². The number of ether oxygens (including phenoxy) is 1. The molecule has 0 saturated carbocycles. The lowest BCUT2D eigenvalue weighted by atomic mass is 9.98. The van der Waals surface area contributed by atoms with Gasteiger partial charge in [0.25, 0.3) is 0 Å². The Balaban J connectivity index is 1.55. The highest BCUT2D eigenvalue weighted by atomic mass is 16.5. The van der Waals surface area contributed by atoms with E-state index in [-0.39, 0.29) is 17.1 Å². The number of phenols is 2. The molecule has 4 heteroatoms. The fraction of sp³-hybridized carbons (Fsp3) is 0. The van der Waals surface area contributed by atoms with Gasteiger partial charge in [0.1, 0.15) is 22.8 Å². The highest BCUT2D eigenvalue weighted by molar-refractivity contribution is 6.06. The van der Waals surface area contributed by atoms with Crippen LogP contribution in [-0.4, -0.2) is 16.2 Å². The number of hydrogen-bond donors (Lipinski definition) is 2. The molecule has 5 rings (SSSR count). The summed E-state index contributed by atoms with van der Waals surface area (Å²) in [7, 11) is 0.